The van der Waals surface area contributed by atoms with Gasteiger partial charge >= 0.3 is 6.03 Å². The van der Waals surface area contributed by atoms with Crippen LogP contribution in [0.5, 0.6) is 0 Å². The largest absolute Gasteiger partial charge is 0.383 e. The van der Waals surface area contributed by atoms with Gasteiger partial charge in [0.15, 0.2) is 0 Å². The smallest absolute Gasteiger partial charge is 0.327 e. The van der Waals surface area contributed by atoms with E-state index in [0.717, 1.165) is 42.7 Å². The number of nitrogens with zero attached hydrogens (tertiary/aromatic N) is 5. The molecule has 34 heavy (non-hydrogen) atoms. The Labute approximate surface area is 203 Å². The molecule has 0 bridgehead atoms. The summed E-state index contributed by atoms with van der Waals surface area (Å²) in [4.78, 5) is 32.5. The zero-order chi connectivity index (χ0) is 23.5. The maximum atomic E-state index is 13.6. The van der Waals surface area contributed by atoms with Gasteiger partial charge in [-0.25, -0.2) is 4.79 Å². The average Bonchev–Trinajstić information content (AvgIpc) is 3.40. The molecule has 0 aliphatic carbocycles. The van der Waals surface area contributed by atoms with Crippen molar-refractivity contribution in [1.82, 2.24) is 23.4 Å². The van der Waals surface area contributed by atoms with E-state index in [1.165, 1.54) is 22.2 Å². The van der Waals surface area contributed by atoms with Gasteiger partial charge in [0.2, 0.25) is 0 Å². The number of piperidine rings is 1. The number of fused-ring (bicyclic) bond motifs is 1. The molecular weight excluding hydrogens is 450 g/mol. The summed E-state index contributed by atoms with van der Waals surface area (Å²) in [6, 6.07) is 16.1. The van der Waals surface area contributed by atoms with Crippen molar-refractivity contribution in [3.05, 3.63) is 59.7 Å². The van der Waals surface area contributed by atoms with Gasteiger partial charge < -0.3 is 9.64 Å². The quantitative estimate of drug-likeness (QED) is 0.462. The summed E-state index contributed by atoms with van der Waals surface area (Å²) >= 11 is 1.23. The highest BCUT2D eigenvalue weighted by Crippen LogP contribution is 2.37. The van der Waals surface area contributed by atoms with Crippen molar-refractivity contribution in [2.45, 2.75) is 31.3 Å². The Bertz CT molecular complexity index is 1160. The first-order valence-corrected chi connectivity index (χ1v) is 12.4. The highest BCUT2D eigenvalue weighted by Gasteiger charge is 2.57. The van der Waals surface area contributed by atoms with Crippen LogP contribution >= 0.6 is 11.7 Å². The summed E-state index contributed by atoms with van der Waals surface area (Å²) in [6.45, 7) is 3.48. The minimum absolute atomic E-state index is 0.0720. The topological polar surface area (TPSA) is 78.9 Å². The third-order valence-corrected chi connectivity index (χ3v) is 7.57. The molecule has 0 N–H and O–H groups in total. The SMILES string of the molecule is COCCN1C(=O)N(CCc2ccccc2)C2(CCN(Cc3ccc4nsnc4c3)CC2)C1=O. The lowest BCUT2D eigenvalue weighted by atomic mass is 9.85. The van der Waals surface area contributed by atoms with Crippen LogP contribution in [-0.2, 0) is 22.5 Å². The molecule has 1 spiro atoms. The van der Waals surface area contributed by atoms with Gasteiger partial charge in [0.05, 0.1) is 24.9 Å². The lowest BCUT2D eigenvalue weighted by Crippen LogP contribution is -2.56. The number of ether oxygens (including phenoxy) is 1. The van der Waals surface area contributed by atoms with E-state index in [1.807, 2.05) is 29.2 Å². The number of likely N-dealkylation sites (tertiary alicyclic amines) is 1. The first-order chi connectivity index (χ1) is 16.6. The zero-order valence-corrected chi connectivity index (χ0v) is 20.2. The van der Waals surface area contributed by atoms with Crippen molar-refractivity contribution < 1.29 is 14.3 Å². The summed E-state index contributed by atoms with van der Waals surface area (Å²) in [7, 11) is 1.59. The van der Waals surface area contributed by atoms with E-state index in [0.29, 0.717) is 32.5 Å². The molecule has 3 heterocycles. The van der Waals surface area contributed by atoms with Gasteiger partial charge in [-0.1, -0.05) is 36.4 Å². The van der Waals surface area contributed by atoms with Crippen molar-refractivity contribution in [1.29, 1.82) is 0 Å². The van der Waals surface area contributed by atoms with E-state index in [9.17, 15) is 9.59 Å². The third-order valence-electron chi connectivity index (χ3n) is 7.02. The van der Waals surface area contributed by atoms with Gasteiger partial charge in [0.25, 0.3) is 5.91 Å². The number of aromatic nitrogens is 2. The third kappa shape index (κ3) is 4.31. The first kappa shape index (κ1) is 22.9. The Balaban J connectivity index is 1.31. The van der Waals surface area contributed by atoms with E-state index in [-0.39, 0.29) is 11.9 Å². The Morgan fingerprint density at radius 2 is 1.74 bits per heavy atom. The first-order valence-electron chi connectivity index (χ1n) is 11.7. The Hall–Kier alpha value is -2.88. The number of urea groups is 1. The Morgan fingerprint density at radius 3 is 2.50 bits per heavy atom. The fraction of sp³-hybridized carbons (Fsp3) is 0.440. The molecule has 3 amide bonds. The molecule has 8 nitrogen and oxygen atoms in total. The standard InChI is InChI=1S/C25H29N5O3S/c1-33-16-15-29-23(31)25(30(24(29)32)12-9-19-5-3-2-4-6-19)10-13-28(14-11-25)18-20-7-8-21-22(17-20)27-34-26-21/h2-8,17H,9-16,18H2,1H3. The second kappa shape index (κ2) is 9.77. The summed E-state index contributed by atoms with van der Waals surface area (Å²) < 4.78 is 13.8. The Kier molecular flexibility index (Phi) is 6.58. The van der Waals surface area contributed by atoms with Crippen molar-refractivity contribution in [2.75, 3.05) is 39.9 Å². The molecule has 178 valence electrons. The van der Waals surface area contributed by atoms with E-state index in [2.05, 4.69) is 37.9 Å². The number of carbonyl (C=O) groups is 2. The summed E-state index contributed by atoms with van der Waals surface area (Å²) in [5.74, 6) is -0.0720. The molecule has 0 radical (unpaired) electrons. The second-order valence-corrected chi connectivity index (χ2v) is 9.54. The molecular formula is C25H29N5O3S. The van der Waals surface area contributed by atoms with E-state index < -0.39 is 5.54 Å². The molecule has 2 aliphatic heterocycles. The van der Waals surface area contributed by atoms with Gasteiger partial charge in [-0.05, 0) is 42.5 Å². The summed E-state index contributed by atoms with van der Waals surface area (Å²) in [5.41, 5.74) is 3.43. The van der Waals surface area contributed by atoms with Gasteiger partial charge in [-0.3, -0.25) is 14.6 Å². The molecule has 0 unspecified atom stereocenters. The van der Waals surface area contributed by atoms with Gasteiger partial charge in [-0.15, -0.1) is 0 Å². The number of imide groups is 1. The van der Waals surface area contributed by atoms with Gasteiger partial charge in [0.1, 0.15) is 16.6 Å². The molecule has 2 aromatic carbocycles. The number of amides is 3. The van der Waals surface area contributed by atoms with Crippen LogP contribution in [0.2, 0.25) is 0 Å². The molecule has 5 rings (SSSR count). The number of carbonyl (C=O) groups excluding carboxylic acids is 2. The highest BCUT2D eigenvalue weighted by atomic mass is 32.1. The molecule has 2 fully saturated rings. The van der Waals surface area contributed by atoms with Crippen LogP contribution in [0.3, 0.4) is 0 Å². The molecule has 1 aromatic heterocycles. The zero-order valence-electron chi connectivity index (χ0n) is 19.4. The van der Waals surface area contributed by atoms with E-state index >= 15 is 0 Å². The Morgan fingerprint density at radius 1 is 0.971 bits per heavy atom. The van der Waals surface area contributed by atoms with Gasteiger partial charge in [-0.2, -0.15) is 8.75 Å². The van der Waals surface area contributed by atoms with Crippen LogP contribution in [-0.4, -0.2) is 80.8 Å². The van der Waals surface area contributed by atoms with Crippen LogP contribution in [0.25, 0.3) is 11.0 Å². The molecule has 3 aromatic rings. The number of hydrogen-bond acceptors (Lipinski definition) is 7. The monoisotopic (exact) mass is 479 g/mol. The molecule has 2 aliphatic rings. The van der Waals surface area contributed by atoms with Gasteiger partial charge in [0, 0.05) is 33.3 Å². The molecule has 0 saturated carbocycles. The average molecular weight is 480 g/mol. The number of benzene rings is 2. The maximum Gasteiger partial charge on any atom is 0.327 e. The van der Waals surface area contributed by atoms with Crippen LogP contribution in [0, 0.1) is 0 Å². The highest BCUT2D eigenvalue weighted by molar-refractivity contribution is 7.00. The second-order valence-electron chi connectivity index (χ2n) is 9.01. The normalized spacial score (nSPS) is 18.5. The lowest BCUT2D eigenvalue weighted by Gasteiger charge is -2.42. The molecule has 9 heteroatoms. The summed E-state index contributed by atoms with van der Waals surface area (Å²) in [6.07, 6.45) is 2.00. The van der Waals surface area contributed by atoms with Crippen LogP contribution in [0.1, 0.15) is 24.0 Å². The van der Waals surface area contributed by atoms with Crippen LogP contribution < -0.4 is 0 Å². The predicted molar refractivity (Wildman–Crippen MR) is 130 cm³/mol. The van der Waals surface area contributed by atoms with E-state index in [1.54, 1.807) is 7.11 Å². The van der Waals surface area contributed by atoms with Crippen molar-refractivity contribution >= 4 is 34.7 Å². The maximum absolute atomic E-state index is 13.6. The van der Waals surface area contributed by atoms with E-state index in [4.69, 9.17) is 4.74 Å². The van der Waals surface area contributed by atoms with Crippen LogP contribution in [0.15, 0.2) is 48.5 Å². The van der Waals surface area contributed by atoms with Crippen molar-refractivity contribution in [3.63, 3.8) is 0 Å². The lowest BCUT2D eigenvalue weighted by molar-refractivity contribution is -0.136. The molecule has 2 saturated heterocycles. The minimum Gasteiger partial charge on any atom is -0.383 e. The fourth-order valence-electron chi connectivity index (χ4n) is 5.11. The molecule has 0 atom stereocenters. The van der Waals surface area contributed by atoms with Crippen molar-refractivity contribution in [2.24, 2.45) is 0 Å². The fourth-order valence-corrected chi connectivity index (χ4v) is 5.62. The van der Waals surface area contributed by atoms with Crippen molar-refractivity contribution in [3.8, 4) is 0 Å². The number of methoxy groups -OCH3 is 1. The predicted octanol–water partition coefficient (Wildman–Crippen LogP) is 3.18. The minimum atomic E-state index is -0.765. The van der Waals surface area contributed by atoms with Crippen LogP contribution in [0.4, 0.5) is 4.79 Å². The summed E-state index contributed by atoms with van der Waals surface area (Å²) in [5, 5.41) is 0. The number of hydrogen-bond donors (Lipinski definition) is 0. The number of rotatable bonds is 8.